The Kier molecular flexibility index (Phi) is 6.89. The molecule has 2 atom stereocenters. The van der Waals surface area contributed by atoms with Crippen LogP contribution >= 0.6 is 0 Å². The maximum Gasteiger partial charge on any atom is 0.421 e. The third-order valence-corrected chi connectivity index (χ3v) is 4.54. The van der Waals surface area contributed by atoms with Crippen LogP contribution in [0.2, 0.25) is 0 Å². The minimum Gasteiger partial charge on any atom is -0.391 e. The topological polar surface area (TPSA) is 126 Å². The highest BCUT2D eigenvalue weighted by molar-refractivity contribution is 5.83. The van der Waals surface area contributed by atoms with Gasteiger partial charge >= 0.3 is 6.18 Å². The number of carbonyl (C=O) groups excluding carboxylic acids is 1. The highest BCUT2D eigenvalue weighted by Crippen LogP contribution is 2.34. The van der Waals surface area contributed by atoms with Crippen LogP contribution in [0.25, 0.3) is 11.3 Å². The van der Waals surface area contributed by atoms with Crippen molar-refractivity contribution < 1.29 is 23.1 Å². The van der Waals surface area contributed by atoms with E-state index in [4.69, 9.17) is 5.73 Å². The Labute approximate surface area is 181 Å². The number of aliphatic hydroxyl groups is 1. The zero-order valence-electron chi connectivity index (χ0n) is 17.0. The lowest BCUT2D eigenvalue weighted by atomic mass is 10.1. The minimum absolute atomic E-state index is 0.0943. The number of nitrogens with zero attached hydrogens (tertiary/aromatic N) is 3. The molecule has 3 rings (SSSR count). The normalized spacial score (nSPS) is 13.3. The van der Waals surface area contributed by atoms with Crippen molar-refractivity contribution in [2.24, 2.45) is 5.73 Å². The summed E-state index contributed by atoms with van der Waals surface area (Å²) in [5, 5.41) is 14.8. The number of halogens is 3. The van der Waals surface area contributed by atoms with E-state index in [0.29, 0.717) is 6.20 Å². The summed E-state index contributed by atoms with van der Waals surface area (Å²) in [5.74, 6) is -1.78. The smallest absolute Gasteiger partial charge is 0.391 e. The van der Waals surface area contributed by atoms with E-state index in [1.807, 2.05) is 42.5 Å². The van der Waals surface area contributed by atoms with Crippen molar-refractivity contribution in [2.45, 2.75) is 31.8 Å². The van der Waals surface area contributed by atoms with Crippen molar-refractivity contribution >= 4 is 17.7 Å². The van der Waals surface area contributed by atoms with E-state index in [9.17, 15) is 23.1 Å². The second-order valence-corrected chi connectivity index (χ2v) is 6.98. The van der Waals surface area contributed by atoms with Crippen LogP contribution in [0.5, 0.6) is 0 Å². The molecular formula is C21H21F3N6O2. The first-order chi connectivity index (χ1) is 15.1. The Morgan fingerprint density at radius 2 is 1.88 bits per heavy atom. The van der Waals surface area contributed by atoms with Gasteiger partial charge in [0.05, 0.1) is 11.8 Å². The molecule has 2 heterocycles. The van der Waals surface area contributed by atoms with Gasteiger partial charge in [0, 0.05) is 24.5 Å². The third kappa shape index (κ3) is 5.70. The van der Waals surface area contributed by atoms with Gasteiger partial charge in [-0.15, -0.1) is 0 Å². The van der Waals surface area contributed by atoms with Gasteiger partial charge in [-0.2, -0.15) is 18.2 Å². The van der Waals surface area contributed by atoms with Crippen LogP contribution < -0.4 is 16.4 Å². The van der Waals surface area contributed by atoms with E-state index in [1.54, 1.807) is 6.20 Å². The highest BCUT2D eigenvalue weighted by Gasteiger charge is 2.36. The van der Waals surface area contributed by atoms with Crippen LogP contribution in [0, 0.1) is 0 Å². The lowest BCUT2D eigenvalue weighted by Gasteiger charge is -2.21. The van der Waals surface area contributed by atoms with Crippen molar-refractivity contribution in [3.63, 3.8) is 0 Å². The number of carbonyl (C=O) groups is 1. The lowest BCUT2D eigenvalue weighted by molar-refractivity contribution is -0.137. The van der Waals surface area contributed by atoms with Gasteiger partial charge in [-0.05, 0) is 24.6 Å². The third-order valence-electron chi connectivity index (χ3n) is 4.54. The molecule has 0 aliphatic carbocycles. The number of pyridine rings is 1. The first-order valence-corrected chi connectivity index (χ1v) is 9.57. The van der Waals surface area contributed by atoms with Crippen LogP contribution in [-0.2, 0) is 17.5 Å². The van der Waals surface area contributed by atoms with Gasteiger partial charge in [0.1, 0.15) is 17.4 Å². The van der Waals surface area contributed by atoms with E-state index in [-0.39, 0.29) is 12.5 Å². The number of amides is 1. The molecule has 0 fully saturated rings. The molecule has 5 N–H and O–H groups in total. The molecule has 3 aromatic rings. The molecule has 0 aliphatic heterocycles. The number of rotatable bonds is 8. The quantitative estimate of drug-likeness (QED) is 0.419. The Morgan fingerprint density at radius 3 is 2.44 bits per heavy atom. The molecule has 32 heavy (non-hydrogen) atoms. The predicted molar refractivity (Wildman–Crippen MR) is 112 cm³/mol. The maximum absolute atomic E-state index is 13.3. The summed E-state index contributed by atoms with van der Waals surface area (Å²) in [6.45, 7) is 1.47. The standard InChI is InChI=1S/C21H21F3N6O2/c1-12(31)17(18(25)32)29-19-15(21(22,23)24)11-28-20(30-19)27-10-13-5-7-14(8-6-13)16-4-2-3-9-26-16/h2-9,11-12,17,31H,10H2,1H3,(H2,25,32)(H2,27,28,29,30)/t12-,17+/m1/s1. The number of hydrogen-bond acceptors (Lipinski definition) is 7. The fourth-order valence-corrected chi connectivity index (χ4v) is 2.87. The molecule has 0 spiro atoms. The number of primary amides is 1. The molecule has 1 amide bonds. The Morgan fingerprint density at radius 1 is 1.16 bits per heavy atom. The molecule has 0 saturated carbocycles. The molecule has 8 nitrogen and oxygen atoms in total. The number of anilines is 2. The SMILES string of the molecule is C[C@@H](O)[C@H](Nc1nc(NCc2ccc(-c3ccccn3)cc2)ncc1C(F)(F)F)C(N)=O. The van der Waals surface area contributed by atoms with Gasteiger partial charge in [0.15, 0.2) is 0 Å². The number of nitrogens with two attached hydrogens (primary N) is 1. The number of nitrogens with one attached hydrogen (secondary N) is 2. The molecule has 0 unspecified atom stereocenters. The highest BCUT2D eigenvalue weighted by atomic mass is 19.4. The van der Waals surface area contributed by atoms with Gasteiger partial charge in [-0.3, -0.25) is 9.78 Å². The van der Waals surface area contributed by atoms with Gasteiger partial charge in [-0.25, -0.2) is 4.98 Å². The van der Waals surface area contributed by atoms with E-state index >= 15 is 0 Å². The number of hydrogen-bond donors (Lipinski definition) is 4. The summed E-state index contributed by atoms with van der Waals surface area (Å²) in [7, 11) is 0. The maximum atomic E-state index is 13.3. The van der Waals surface area contributed by atoms with Gasteiger partial charge in [0.25, 0.3) is 0 Å². The second-order valence-electron chi connectivity index (χ2n) is 6.98. The molecule has 1 aromatic carbocycles. The summed E-state index contributed by atoms with van der Waals surface area (Å²) < 4.78 is 40.0. The monoisotopic (exact) mass is 446 g/mol. The Hall–Kier alpha value is -3.73. The Bertz CT molecular complexity index is 1060. The average Bonchev–Trinajstić information content (AvgIpc) is 2.76. The molecular weight excluding hydrogens is 425 g/mol. The van der Waals surface area contributed by atoms with E-state index in [1.165, 1.54) is 6.92 Å². The summed E-state index contributed by atoms with van der Waals surface area (Å²) in [6.07, 6.45) is -3.82. The van der Waals surface area contributed by atoms with Crippen molar-refractivity contribution in [1.29, 1.82) is 0 Å². The van der Waals surface area contributed by atoms with Crippen molar-refractivity contribution in [1.82, 2.24) is 15.0 Å². The predicted octanol–water partition coefficient (Wildman–Crippen LogP) is 2.82. The number of aromatic nitrogens is 3. The number of aliphatic hydroxyl groups excluding tert-OH is 1. The summed E-state index contributed by atoms with van der Waals surface area (Å²) in [4.78, 5) is 23.3. The second kappa shape index (κ2) is 9.60. The van der Waals surface area contributed by atoms with E-state index in [2.05, 4.69) is 25.6 Å². The largest absolute Gasteiger partial charge is 0.421 e. The van der Waals surface area contributed by atoms with Crippen molar-refractivity contribution in [2.75, 3.05) is 10.6 Å². The summed E-state index contributed by atoms with van der Waals surface area (Å²) in [6, 6.07) is 11.6. The molecule has 0 radical (unpaired) electrons. The molecule has 2 aromatic heterocycles. The molecule has 168 valence electrons. The lowest BCUT2D eigenvalue weighted by Crippen LogP contribution is -2.44. The van der Waals surface area contributed by atoms with Crippen molar-refractivity contribution in [3.8, 4) is 11.3 Å². The van der Waals surface area contributed by atoms with Crippen LogP contribution in [0.3, 0.4) is 0 Å². The molecule has 11 heteroatoms. The molecule has 0 saturated heterocycles. The number of alkyl halides is 3. The first kappa shape index (κ1) is 22.9. The van der Waals surface area contributed by atoms with Crippen LogP contribution in [0.1, 0.15) is 18.1 Å². The fourth-order valence-electron chi connectivity index (χ4n) is 2.87. The zero-order valence-corrected chi connectivity index (χ0v) is 17.0. The van der Waals surface area contributed by atoms with E-state index < -0.39 is 35.6 Å². The summed E-state index contributed by atoms with van der Waals surface area (Å²) in [5.41, 5.74) is 6.55. The fraction of sp³-hybridized carbons (Fsp3) is 0.238. The van der Waals surface area contributed by atoms with E-state index in [0.717, 1.165) is 16.8 Å². The minimum atomic E-state index is -4.77. The summed E-state index contributed by atoms with van der Waals surface area (Å²) >= 11 is 0. The van der Waals surface area contributed by atoms with Gasteiger partial charge < -0.3 is 21.5 Å². The molecule has 0 bridgehead atoms. The van der Waals surface area contributed by atoms with Crippen LogP contribution in [0.15, 0.2) is 54.9 Å². The number of benzene rings is 1. The van der Waals surface area contributed by atoms with Crippen LogP contribution in [-0.4, -0.2) is 38.1 Å². The molecule has 0 aliphatic rings. The Balaban J connectivity index is 1.77. The average molecular weight is 446 g/mol. The van der Waals surface area contributed by atoms with Gasteiger partial charge in [0.2, 0.25) is 11.9 Å². The zero-order chi connectivity index (χ0) is 23.3. The van der Waals surface area contributed by atoms with Gasteiger partial charge in [-0.1, -0.05) is 30.3 Å². The first-order valence-electron chi connectivity index (χ1n) is 9.57. The van der Waals surface area contributed by atoms with Crippen LogP contribution in [0.4, 0.5) is 24.9 Å². The van der Waals surface area contributed by atoms with Crippen molar-refractivity contribution in [3.05, 3.63) is 66.0 Å².